The van der Waals surface area contributed by atoms with Gasteiger partial charge in [-0.2, -0.15) is 0 Å². The first-order valence-corrected chi connectivity index (χ1v) is 18.1. The summed E-state index contributed by atoms with van der Waals surface area (Å²) in [5, 5.41) is 0.779. The van der Waals surface area contributed by atoms with E-state index in [1.54, 1.807) is 22.2 Å². The van der Waals surface area contributed by atoms with Crippen molar-refractivity contribution in [3.8, 4) is 39.4 Å². The number of rotatable bonds is 7. The van der Waals surface area contributed by atoms with E-state index in [0.29, 0.717) is 47.2 Å². The van der Waals surface area contributed by atoms with Gasteiger partial charge in [0.15, 0.2) is 0 Å². The summed E-state index contributed by atoms with van der Waals surface area (Å²) in [6, 6.07) is 11.2. The molecule has 7 rings (SSSR count). The van der Waals surface area contributed by atoms with Gasteiger partial charge >= 0.3 is 17.8 Å². The largest absolute Gasteiger partial charge is 0.488 e. The van der Waals surface area contributed by atoms with Crippen molar-refractivity contribution in [1.82, 2.24) is 29.7 Å². The lowest BCUT2D eigenvalue weighted by atomic mass is 9.94. The van der Waals surface area contributed by atoms with Crippen molar-refractivity contribution in [3.05, 3.63) is 76.4 Å². The fourth-order valence-electron chi connectivity index (χ4n) is 6.86. The molecule has 0 bridgehead atoms. The molecule has 5 aromatic rings. The molecule has 13 heteroatoms. The minimum atomic E-state index is -0.600. The summed E-state index contributed by atoms with van der Waals surface area (Å²) in [6.07, 6.45) is 5.15. The normalized spacial score (nSPS) is 15.5. The van der Waals surface area contributed by atoms with Crippen molar-refractivity contribution in [2.45, 2.75) is 98.1 Å². The van der Waals surface area contributed by atoms with Gasteiger partial charge in [0.05, 0.1) is 41.9 Å². The Morgan fingerprint density at radius 1 is 0.962 bits per heavy atom. The van der Waals surface area contributed by atoms with Crippen LogP contribution in [0.3, 0.4) is 0 Å². The number of carbonyl (C=O) groups excluding carboxylic acids is 2. The molecule has 2 amide bonds. The average Bonchev–Trinajstić information content (AvgIpc) is 3.87. The number of H-pyrrole nitrogens is 2. The zero-order valence-corrected chi connectivity index (χ0v) is 31.3. The lowest BCUT2D eigenvalue weighted by Crippen LogP contribution is -2.37. The molecule has 0 unspecified atom stereocenters. The summed E-state index contributed by atoms with van der Waals surface area (Å²) in [4.78, 5) is 58.4. The van der Waals surface area contributed by atoms with Gasteiger partial charge in [0.1, 0.15) is 40.8 Å². The number of amides is 2. The minimum absolute atomic E-state index is 0.195. The number of hydrogen-bond donors (Lipinski definition) is 2. The summed E-state index contributed by atoms with van der Waals surface area (Å²) in [5.41, 5.74) is 3.81. The highest BCUT2D eigenvalue weighted by molar-refractivity contribution is 5.91. The number of ether oxygens (including phenoxy) is 3. The Balaban J connectivity index is 1.11. The van der Waals surface area contributed by atoms with Crippen LogP contribution in [0.15, 0.2) is 58.0 Å². The Hall–Kier alpha value is -5.59. The molecule has 2 N–H and O–H groups in total. The van der Waals surface area contributed by atoms with Crippen molar-refractivity contribution in [3.63, 3.8) is 0 Å². The zero-order valence-electron chi connectivity index (χ0n) is 31.3. The fraction of sp³-hybridized carbons (Fsp3) is 0.425. The fourth-order valence-corrected chi connectivity index (χ4v) is 6.86. The SMILES string of the molecule is CCCN(Cc1ncc(-c2ccc3c4c(c(=O)oc3c2)-c2ccc(-c3cnc([C@@H]5CCCN5C(=O)OC(C)(C)C)[nH]3)cc2OC4)[nH]1)C(=O)OC(C)(C)C. The number of benzene rings is 2. The van der Waals surface area contributed by atoms with Gasteiger partial charge in [-0.15, -0.1) is 0 Å². The molecule has 53 heavy (non-hydrogen) atoms. The van der Waals surface area contributed by atoms with Gasteiger partial charge in [0.25, 0.3) is 0 Å². The maximum Gasteiger partial charge on any atom is 0.410 e. The monoisotopic (exact) mass is 722 g/mol. The molecular formula is C40H46N6O7. The van der Waals surface area contributed by atoms with Crippen molar-refractivity contribution < 1.29 is 28.2 Å². The molecule has 278 valence electrons. The molecule has 1 saturated heterocycles. The van der Waals surface area contributed by atoms with Crippen LogP contribution < -0.4 is 10.4 Å². The van der Waals surface area contributed by atoms with Crippen LogP contribution >= 0.6 is 0 Å². The Kier molecular flexibility index (Phi) is 9.29. The van der Waals surface area contributed by atoms with E-state index in [-0.39, 0.29) is 25.3 Å². The Morgan fingerprint density at radius 3 is 2.43 bits per heavy atom. The number of likely N-dealkylation sites (tertiary alicyclic amines) is 1. The number of nitrogens with one attached hydrogen (secondary N) is 2. The highest BCUT2D eigenvalue weighted by Gasteiger charge is 2.35. The van der Waals surface area contributed by atoms with Gasteiger partial charge in [-0.1, -0.05) is 25.1 Å². The Labute approximate surface area is 307 Å². The second kappa shape index (κ2) is 13.8. The predicted octanol–water partition coefficient (Wildman–Crippen LogP) is 8.35. The molecule has 2 aliphatic rings. The molecule has 0 aliphatic carbocycles. The maximum atomic E-state index is 13.6. The minimum Gasteiger partial charge on any atom is -0.488 e. The van der Waals surface area contributed by atoms with E-state index in [2.05, 4.69) is 19.9 Å². The topological polar surface area (TPSA) is 156 Å². The Morgan fingerprint density at radius 2 is 1.68 bits per heavy atom. The number of nitrogens with zero attached hydrogens (tertiary/aromatic N) is 4. The zero-order chi connectivity index (χ0) is 37.7. The van der Waals surface area contributed by atoms with E-state index in [1.807, 2.05) is 84.9 Å². The third-order valence-electron chi connectivity index (χ3n) is 9.17. The highest BCUT2D eigenvalue weighted by Crippen LogP contribution is 2.41. The standard InChI is InChI=1S/C40H46N6O7/c1-8-15-45(37(48)52-39(2,3)4)21-33-41-19-28(43-33)24-11-13-25-27-22-50-31-17-23(12-14-26(31)34(27)36(47)51-32(25)18-24)29-20-42-35(44-29)30-10-9-16-46(30)38(49)53-40(5,6)7/h11-14,17-20,30H,8-10,15-16,21-22H2,1-7H3,(H,41,43)(H,42,44)/t30-/m0/s1. The summed E-state index contributed by atoms with van der Waals surface area (Å²) in [6.45, 7) is 14.7. The average molecular weight is 723 g/mol. The number of aromatic amines is 2. The second-order valence-electron chi connectivity index (χ2n) is 15.6. The molecule has 5 heterocycles. The third kappa shape index (κ3) is 7.51. The molecule has 1 fully saturated rings. The van der Waals surface area contributed by atoms with Gasteiger partial charge in [-0.05, 0) is 79.0 Å². The van der Waals surface area contributed by atoms with E-state index >= 15 is 0 Å². The summed E-state index contributed by atoms with van der Waals surface area (Å²) in [5.74, 6) is 1.88. The van der Waals surface area contributed by atoms with Crippen LogP contribution in [0, 0.1) is 0 Å². The van der Waals surface area contributed by atoms with Crippen LogP contribution in [0.5, 0.6) is 5.75 Å². The van der Waals surface area contributed by atoms with Crippen LogP contribution in [0.1, 0.15) is 91.0 Å². The smallest absolute Gasteiger partial charge is 0.410 e. The molecule has 0 saturated carbocycles. The number of imidazole rings is 2. The summed E-state index contributed by atoms with van der Waals surface area (Å²) >= 11 is 0. The number of fused-ring (bicyclic) bond motifs is 5. The first-order valence-electron chi connectivity index (χ1n) is 18.1. The lowest BCUT2D eigenvalue weighted by molar-refractivity contribution is 0.0212. The van der Waals surface area contributed by atoms with Crippen LogP contribution in [-0.2, 0) is 22.6 Å². The number of aromatic nitrogens is 4. The quantitative estimate of drug-likeness (QED) is 0.158. The molecule has 1 atom stereocenters. The van der Waals surface area contributed by atoms with Crippen molar-refractivity contribution in [2.24, 2.45) is 0 Å². The molecule has 0 spiro atoms. The van der Waals surface area contributed by atoms with Crippen molar-refractivity contribution >= 4 is 23.2 Å². The first kappa shape index (κ1) is 35.8. The van der Waals surface area contributed by atoms with Gasteiger partial charge < -0.3 is 33.5 Å². The summed E-state index contributed by atoms with van der Waals surface area (Å²) < 4.78 is 23.4. The lowest BCUT2D eigenvalue weighted by Gasteiger charge is -2.27. The van der Waals surface area contributed by atoms with E-state index < -0.39 is 22.9 Å². The molecular weight excluding hydrogens is 676 g/mol. The Bertz CT molecular complexity index is 2240. The van der Waals surface area contributed by atoms with Crippen molar-refractivity contribution in [1.29, 1.82) is 0 Å². The number of carbonyl (C=O) groups is 2. The molecule has 13 nitrogen and oxygen atoms in total. The summed E-state index contributed by atoms with van der Waals surface area (Å²) in [7, 11) is 0. The number of hydrogen-bond acceptors (Lipinski definition) is 9. The van der Waals surface area contributed by atoms with Crippen molar-refractivity contribution in [2.75, 3.05) is 13.1 Å². The van der Waals surface area contributed by atoms with Gasteiger partial charge in [0, 0.05) is 40.7 Å². The van der Waals surface area contributed by atoms with E-state index in [9.17, 15) is 14.4 Å². The maximum absolute atomic E-state index is 13.6. The van der Waals surface area contributed by atoms with Crippen LogP contribution in [0.4, 0.5) is 9.59 Å². The highest BCUT2D eigenvalue weighted by atomic mass is 16.6. The molecule has 2 aromatic carbocycles. The molecule has 2 aliphatic heterocycles. The first-order chi connectivity index (χ1) is 25.2. The van der Waals surface area contributed by atoms with E-state index in [1.165, 1.54) is 0 Å². The van der Waals surface area contributed by atoms with Crippen LogP contribution in [0.25, 0.3) is 44.6 Å². The van der Waals surface area contributed by atoms with Crippen LogP contribution in [0.2, 0.25) is 0 Å². The predicted molar refractivity (Wildman–Crippen MR) is 199 cm³/mol. The van der Waals surface area contributed by atoms with Gasteiger partial charge in [0.2, 0.25) is 0 Å². The van der Waals surface area contributed by atoms with E-state index in [0.717, 1.165) is 52.7 Å². The van der Waals surface area contributed by atoms with Gasteiger partial charge in [-0.25, -0.2) is 24.4 Å². The van der Waals surface area contributed by atoms with Crippen LogP contribution in [-0.4, -0.2) is 66.2 Å². The molecule has 3 aromatic heterocycles. The third-order valence-corrected chi connectivity index (χ3v) is 9.17. The van der Waals surface area contributed by atoms with E-state index in [4.69, 9.17) is 18.6 Å². The second-order valence-corrected chi connectivity index (χ2v) is 15.6. The molecule has 0 radical (unpaired) electrons. The van der Waals surface area contributed by atoms with Gasteiger partial charge in [-0.3, -0.25) is 4.90 Å².